The van der Waals surface area contributed by atoms with Crippen LogP contribution in [0.15, 0.2) is 28.7 Å². The summed E-state index contributed by atoms with van der Waals surface area (Å²) in [6, 6.07) is 5.53. The molecule has 0 aliphatic carbocycles. The summed E-state index contributed by atoms with van der Waals surface area (Å²) in [5.41, 5.74) is 0.919. The molecule has 0 saturated carbocycles. The number of aryl methyl sites for hydroxylation is 2. The van der Waals surface area contributed by atoms with Gasteiger partial charge in [-0.15, -0.1) is 0 Å². The van der Waals surface area contributed by atoms with E-state index in [1.54, 1.807) is 39.8 Å². The van der Waals surface area contributed by atoms with Gasteiger partial charge < -0.3 is 19.6 Å². The van der Waals surface area contributed by atoms with E-state index in [9.17, 15) is 14.7 Å². The lowest BCUT2D eigenvalue weighted by Crippen LogP contribution is -2.44. The van der Waals surface area contributed by atoms with Gasteiger partial charge in [0.15, 0.2) is 11.6 Å². The average molecular weight is 346 g/mol. The molecule has 1 atom stereocenters. The van der Waals surface area contributed by atoms with Crippen molar-refractivity contribution in [2.24, 2.45) is 0 Å². The summed E-state index contributed by atoms with van der Waals surface area (Å²) >= 11 is 0. The lowest BCUT2D eigenvalue weighted by molar-refractivity contribution is -0.149. The van der Waals surface area contributed by atoms with Crippen molar-refractivity contribution in [2.45, 2.75) is 46.3 Å². The van der Waals surface area contributed by atoms with Crippen molar-refractivity contribution < 1.29 is 23.8 Å². The van der Waals surface area contributed by atoms with Gasteiger partial charge in [0.25, 0.3) is 5.91 Å². The van der Waals surface area contributed by atoms with Crippen LogP contribution in [-0.4, -0.2) is 34.1 Å². The standard InChI is InChI=1S/C18H22N2O5/c1-10(2)24-18(23)15(9-13-5-7-14(21)8-6-13)20-17(22)16-11(3)25-12(4)19-16/h5-8,10,15,21H,9H2,1-4H3,(H,20,22)/t15-/m0/s1. The lowest BCUT2D eigenvalue weighted by Gasteiger charge is -2.19. The number of rotatable bonds is 6. The molecule has 0 aliphatic rings. The number of benzene rings is 1. The normalized spacial score (nSPS) is 12.0. The Morgan fingerprint density at radius 1 is 1.24 bits per heavy atom. The molecule has 1 amide bonds. The Labute approximate surface area is 146 Å². The van der Waals surface area contributed by atoms with Crippen LogP contribution in [0, 0.1) is 13.8 Å². The molecule has 0 unspecified atom stereocenters. The van der Waals surface area contributed by atoms with Gasteiger partial charge in [0.05, 0.1) is 6.10 Å². The average Bonchev–Trinajstić information content (AvgIpc) is 2.86. The van der Waals surface area contributed by atoms with E-state index in [4.69, 9.17) is 9.15 Å². The molecule has 1 heterocycles. The lowest BCUT2D eigenvalue weighted by atomic mass is 10.1. The van der Waals surface area contributed by atoms with Crippen LogP contribution in [0.25, 0.3) is 0 Å². The number of carbonyl (C=O) groups excluding carboxylic acids is 2. The minimum absolute atomic E-state index is 0.128. The molecule has 2 rings (SSSR count). The number of carbonyl (C=O) groups is 2. The van der Waals surface area contributed by atoms with Gasteiger partial charge in [-0.1, -0.05) is 12.1 Å². The Balaban J connectivity index is 2.18. The number of hydrogen-bond donors (Lipinski definition) is 2. The van der Waals surface area contributed by atoms with E-state index >= 15 is 0 Å². The van der Waals surface area contributed by atoms with E-state index in [0.717, 1.165) is 5.56 Å². The molecule has 1 aromatic heterocycles. The first-order chi connectivity index (χ1) is 11.8. The first-order valence-electron chi connectivity index (χ1n) is 7.99. The number of phenols is 1. The fourth-order valence-corrected chi connectivity index (χ4v) is 2.34. The van der Waals surface area contributed by atoms with E-state index in [1.807, 2.05) is 0 Å². The zero-order chi connectivity index (χ0) is 18.6. The summed E-state index contributed by atoms with van der Waals surface area (Å²) in [5.74, 6) is -0.144. The van der Waals surface area contributed by atoms with Crippen molar-refractivity contribution >= 4 is 11.9 Å². The maximum atomic E-state index is 12.4. The van der Waals surface area contributed by atoms with Gasteiger partial charge >= 0.3 is 5.97 Å². The minimum atomic E-state index is -0.879. The Morgan fingerprint density at radius 2 is 1.88 bits per heavy atom. The van der Waals surface area contributed by atoms with Crippen LogP contribution >= 0.6 is 0 Å². The predicted octanol–water partition coefficient (Wildman–Crippen LogP) is 2.29. The van der Waals surface area contributed by atoms with Gasteiger partial charge in [-0.05, 0) is 38.5 Å². The number of nitrogens with zero attached hydrogens (tertiary/aromatic N) is 1. The summed E-state index contributed by atoms with van der Waals surface area (Å²) in [6.07, 6.45) is -0.0734. The van der Waals surface area contributed by atoms with Crippen molar-refractivity contribution in [3.05, 3.63) is 47.2 Å². The quantitative estimate of drug-likeness (QED) is 0.778. The van der Waals surface area contributed by atoms with Crippen LogP contribution in [0.4, 0.5) is 0 Å². The van der Waals surface area contributed by atoms with E-state index in [2.05, 4.69) is 10.3 Å². The maximum Gasteiger partial charge on any atom is 0.329 e. The van der Waals surface area contributed by atoms with E-state index in [-0.39, 0.29) is 24.0 Å². The third-order valence-electron chi connectivity index (χ3n) is 3.44. The number of phenolic OH excluding ortho intramolecular Hbond substituents is 1. The van der Waals surface area contributed by atoms with Crippen LogP contribution in [0.1, 0.15) is 41.6 Å². The molecular weight excluding hydrogens is 324 g/mol. The highest BCUT2D eigenvalue weighted by atomic mass is 16.5. The number of nitrogens with one attached hydrogen (secondary N) is 1. The molecule has 1 aromatic carbocycles. The Morgan fingerprint density at radius 3 is 2.40 bits per heavy atom. The van der Waals surface area contributed by atoms with Gasteiger partial charge in [-0.3, -0.25) is 4.79 Å². The summed E-state index contributed by atoms with van der Waals surface area (Å²) < 4.78 is 10.5. The van der Waals surface area contributed by atoms with Crippen molar-refractivity contribution in [3.63, 3.8) is 0 Å². The van der Waals surface area contributed by atoms with Gasteiger partial charge in [0, 0.05) is 13.3 Å². The van der Waals surface area contributed by atoms with E-state index in [1.165, 1.54) is 12.1 Å². The largest absolute Gasteiger partial charge is 0.508 e. The summed E-state index contributed by atoms with van der Waals surface area (Å²) in [6.45, 7) is 6.76. The van der Waals surface area contributed by atoms with Gasteiger partial charge in [0.1, 0.15) is 17.6 Å². The molecular formula is C18H22N2O5. The van der Waals surface area contributed by atoms with Crippen LogP contribution in [0.5, 0.6) is 5.75 Å². The molecule has 2 aromatic rings. The van der Waals surface area contributed by atoms with Crippen LogP contribution in [0.2, 0.25) is 0 Å². The van der Waals surface area contributed by atoms with Crippen molar-refractivity contribution in [1.82, 2.24) is 10.3 Å². The second-order valence-electron chi connectivity index (χ2n) is 6.02. The molecule has 0 radical (unpaired) electrons. The highest BCUT2D eigenvalue weighted by molar-refractivity contribution is 5.96. The maximum absolute atomic E-state index is 12.4. The van der Waals surface area contributed by atoms with Crippen molar-refractivity contribution in [2.75, 3.05) is 0 Å². The van der Waals surface area contributed by atoms with E-state index < -0.39 is 17.9 Å². The molecule has 134 valence electrons. The van der Waals surface area contributed by atoms with Crippen molar-refractivity contribution in [1.29, 1.82) is 0 Å². The molecule has 0 bridgehead atoms. The fraction of sp³-hybridized carbons (Fsp3) is 0.389. The van der Waals surface area contributed by atoms with E-state index in [0.29, 0.717) is 11.7 Å². The second kappa shape index (κ2) is 7.83. The Kier molecular flexibility index (Phi) is 5.80. The summed E-state index contributed by atoms with van der Waals surface area (Å²) in [5, 5.41) is 12.0. The topological polar surface area (TPSA) is 102 Å². The predicted molar refractivity (Wildman–Crippen MR) is 90.3 cm³/mol. The first-order valence-corrected chi connectivity index (χ1v) is 7.99. The molecule has 25 heavy (non-hydrogen) atoms. The van der Waals surface area contributed by atoms with Gasteiger partial charge in [0.2, 0.25) is 0 Å². The van der Waals surface area contributed by atoms with Crippen LogP contribution in [0.3, 0.4) is 0 Å². The van der Waals surface area contributed by atoms with Crippen molar-refractivity contribution in [3.8, 4) is 5.75 Å². The number of ether oxygens (including phenoxy) is 1. The Hall–Kier alpha value is -2.83. The number of aromatic hydroxyl groups is 1. The smallest absolute Gasteiger partial charge is 0.329 e. The second-order valence-corrected chi connectivity index (χ2v) is 6.02. The monoisotopic (exact) mass is 346 g/mol. The minimum Gasteiger partial charge on any atom is -0.508 e. The molecule has 7 heteroatoms. The molecule has 0 spiro atoms. The molecule has 0 saturated heterocycles. The molecule has 2 N–H and O–H groups in total. The number of esters is 1. The van der Waals surface area contributed by atoms with Crippen LogP contribution in [-0.2, 0) is 16.0 Å². The summed E-state index contributed by atoms with van der Waals surface area (Å²) in [7, 11) is 0. The number of oxazole rings is 1. The van der Waals surface area contributed by atoms with Gasteiger partial charge in [-0.2, -0.15) is 0 Å². The number of aromatic nitrogens is 1. The fourth-order valence-electron chi connectivity index (χ4n) is 2.34. The van der Waals surface area contributed by atoms with Crippen LogP contribution < -0.4 is 5.32 Å². The zero-order valence-electron chi connectivity index (χ0n) is 14.7. The first kappa shape index (κ1) is 18.5. The number of hydrogen-bond acceptors (Lipinski definition) is 6. The highest BCUT2D eigenvalue weighted by Gasteiger charge is 2.26. The molecule has 7 nitrogen and oxygen atoms in total. The molecule has 0 aliphatic heterocycles. The zero-order valence-corrected chi connectivity index (χ0v) is 14.7. The SMILES string of the molecule is Cc1nc(C(=O)N[C@@H](Cc2ccc(O)cc2)C(=O)OC(C)C)c(C)o1. The van der Waals surface area contributed by atoms with Gasteiger partial charge in [-0.25, -0.2) is 9.78 Å². The number of amides is 1. The Bertz CT molecular complexity index is 749. The molecule has 0 fully saturated rings. The highest BCUT2D eigenvalue weighted by Crippen LogP contribution is 2.14. The third-order valence-corrected chi connectivity index (χ3v) is 3.44. The third kappa shape index (κ3) is 5.07. The summed E-state index contributed by atoms with van der Waals surface area (Å²) in [4.78, 5) is 28.8.